The average Bonchev–Trinajstić information content (AvgIpc) is 3.21. The fourth-order valence-corrected chi connectivity index (χ4v) is 4.04. The van der Waals surface area contributed by atoms with Crippen molar-refractivity contribution in [1.82, 2.24) is 20.1 Å². The SMILES string of the molecule is CN(C)CCN(Cc1ccc(C(=O)Nc2cscc2N)nc1)C(=O)NCCc1cccc(Cl)c1. The van der Waals surface area contributed by atoms with Gasteiger partial charge in [0.1, 0.15) is 5.69 Å². The van der Waals surface area contributed by atoms with E-state index in [1.807, 2.05) is 43.3 Å². The van der Waals surface area contributed by atoms with Crippen LogP contribution in [0.25, 0.3) is 0 Å². The number of pyridine rings is 1. The minimum absolute atomic E-state index is 0.154. The first-order chi connectivity index (χ1) is 16.3. The molecule has 180 valence electrons. The number of hydrogen-bond acceptors (Lipinski definition) is 6. The van der Waals surface area contributed by atoms with E-state index >= 15 is 0 Å². The Hall–Kier alpha value is -3.14. The first-order valence-corrected chi connectivity index (χ1v) is 12.1. The Kier molecular flexibility index (Phi) is 9.26. The van der Waals surface area contributed by atoms with Gasteiger partial charge in [-0.2, -0.15) is 0 Å². The van der Waals surface area contributed by atoms with Crippen LogP contribution in [-0.4, -0.2) is 60.5 Å². The average molecular weight is 501 g/mol. The van der Waals surface area contributed by atoms with Gasteiger partial charge >= 0.3 is 6.03 Å². The molecule has 0 aliphatic rings. The van der Waals surface area contributed by atoms with Gasteiger partial charge in [0, 0.05) is 48.2 Å². The van der Waals surface area contributed by atoms with Crippen LogP contribution in [0.4, 0.5) is 16.2 Å². The van der Waals surface area contributed by atoms with E-state index in [9.17, 15) is 9.59 Å². The van der Waals surface area contributed by atoms with Crippen molar-refractivity contribution >= 4 is 46.3 Å². The van der Waals surface area contributed by atoms with Crippen molar-refractivity contribution < 1.29 is 9.59 Å². The Morgan fingerprint density at radius 1 is 1.12 bits per heavy atom. The van der Waals surface area contributed by atoms with E-state index < -0.39 is 0 Å². The van der Waals surface area contributed by atoms with Crippen LogP contribution in [0.2, 0.25) is 5.02 Å². The number of urea groups is 1. The molecular formula is C24H29ClN6O2S. The largest absolute Gasteiger partial charge is 0.396 e. The molecular weight excluding hydrogens is 472 g/mol. The second-order valence-corrected chi connectivity index (χ2v) is 9.26. The third kappa shape index (κ3) is 7.72. The molecule has 2 heterocycles. The first-order valence-electron chi connectivity index (χ1n) is 10.8. The molecule has 2 aromatic heterocycles. The summed E-state index contributed by atoms with van der Waals surface area (Å²) in [6.07, 6.45) is 2.31. The Balaban J connectivity index is 1.58. The summed E-state index contributed by atoms with van der Waals surface area (Å²) in [4.78, 5) is 33.3. The summed E-state index contributed by atoms with van der Waals surface area (Å²) in [5, 5.41) is 9.95. The molecule has 3 rings (SSSR count). The highest BCUT2D eigenvalue weighted by molar-refractivity contribution is 7.09. The molecule has 34 heavy (non-hydrogen) atoms. The summed E-state index contributed by atoms with van der Waals surface area (Å²) in [7, 11) is 3.93. The van der Waals surface area contributed by atoms with Gasteiger partial charge in [-0.15, -0.1) is 11.3 Å². The molecule has 3 amide bonds. The monoisotopic (exact) mass is 500 g/mol. The number of hydrogen-bond donors (Lipinski definition) is 3. The second-order valence-electron chi connectivity index (χ2n) is 8.08. The van der Waals surface area contributed by atoms with Gasteiger partial charge in [-0.1, -0.05) is 29.8 Å². The minimum Gasteiger partial charge on any atom is -0.396 e. The van der Waals surface area contributed by atoms with Crippen LogP contribution in [0.3, 0.4) is 0 Å². The van der Waals surface area contributed by atoms with Crippen molar-refractivity contribution in [2.24, 2.45) is 0 Å². The fraction of sp³-hybridized carbons (Fsp3) is 0.292. The summed E-state index contributed by atoms with van der Waals surface area (Å²) in [6, 6.07) is 10.9. The topological polar surface area (TPSA) is 104 Å². The number of aromatic nitrogens is 1. The van der Waals surface area contributed by atoms with Crippen molar-refractivity contribution in [1.29, 1.82) is 0 Å². The molecule has 0 spiro atoms. The van der Waals surface area contributed by atoms with Crippen LogP contribution in [-0.2, 0) is 13.0 Å². The highest BCUT2D eigenvalue weighted by Crippen LogP contribution is 2.23. The summed E-state index contributed by atoms with van der Waals surface area (Å²) in [6.45, 7) is 2.15. The zero-order chi connectivity index (χ0) is 24.5. The third-order valence-electron chi connectivity index (χ3n) is 5.05. The maximum Gasteiger partial charge on any atom is 0.317 e. The highest BCUT2D eigenvalue weighted by Gasteiger charge is 2.15. The molecule has 8 nitrogen and oxygen atoms in total. The molecule has 0 saturated heterocycles. The zero-order valence-electron chi connectivity index (χ0n) is 19.3. The van der Waals surface area contributed by atoms with Gasteiger partial charge in [-0.05, 0) is 49.8 Å². The van der Waals surface area contributed by atoms with Gasteiger partial charge in [0.2, 0.25) is 0 Å². The van der Waals surface area contributed by atoms with Crippen molar-refractivity contribution in [3.05, 3.63) is 75.2 Å². The molecule has 0 fully saturated rings. The number of halogens is 1. The summed E-state index contributed by atoms with van der Waals surface area (Å²) >= 11 is 7.45. The molecule has 0 bridgehead atoms. The van der Waals surface area contributed by atoms with E-state index in [1.165, 1.54) is 11.3 Å². The lowest BCUT2D eigenvalue weighted by molar-refractivity contribution is 0.102. The van der Waals surface area contributed by atoms with Crippen LogP contribution in [0, 0.1) is 0 Å². The van der Waals surface area contributed by atoms with Crippen molar-refractivity contribution in [2.75, 3.05) is 44.8 Å². The fourth-order valence-electron chi connectivity index (χ4n) is 3.16. The quantitative estimate of drug-likeness (QED) is 0.391. The van der Waals surface area contributed by atoms with Crippen LogP contribution in [0.15, 0.2) is 53.4 Å². The molecule has 1 aromatic carbocycles. The first kappa shape index (κ1) is 25.5. The van der Waals surface area contributed by atoms with Gasteiger partial charge in [0.05, 0.1) is 11.4 Å². The van der Waals surface area contributed by atoms with E-state index in [1.54, 1.807) is 34.0 Å². The van der Waals surface area contributed by atoms with E-state index in [4.69, 9.17) is 17.3 Å². The van der Waals surface area contributed by atoms with Gasteiger partial charge in [0.25, 0.3) is 5.91 Å². The van der Waals surface area contributed by atoms with E-state index in [-0.39, 0.29) is 17.6 Å². The number of anilines is 2. The number of nitrogen functional groups attached to an aromatic ring is 1. The summed E-state index contributed by atoms with van der Waals surface area (Å²) in [5.41, 5.74) is 9.09. The molecule has 0 unspecified atom stereocenters. The molecule has 4 N–H and O–H groups in total. The number of carbonyl (C=O) groups is 2. The number of nitrogens with one attached hydrogen (secondary N) is 2. The van der Waals surface area contributed by atoms with Gasteiger partial charge in [0.15, 0.2) is 0 Å². The zero-order valence-corrected chi connectivity index (χ0v) is 20.8. The Morgan fingerprint density at radius 3 is 2.59 bits per heavy atom. The van der Waals surface area contributed by atoms with Crippen LogP contribution >= 0.6 is 22.9 Å². The molecule has 0 aliphatic heterocycles. The van der Waals surface area contributed by atoms with Crippen LogP contribution in [0.5, 0.6) is 0 Å². The molecule has 0 radical (unpaired) electrons. The lowest BCUT2D eigenvalue weighted by Crippen LogP contribution is -2.43. The molecule has 0 saturated carbocycles. The maximum atomic E-state index is 12.9. The predicted molar refractivity (Wildman–Crippen MR) is 138 cm³/mol. The number of amides is 3. The van der Waals surface area contributed by atoms with Crippen molar-refractivity contribution in [3.63, 3.8) is 0 Å². The molecule has 10 heteroatoms. The Labute approximate surface area is 208 Å². The third-order valence-corrected chi connectivity index (χ3v) is 6.05. The highest BCUT2D eigenvalue weighted by atomic mass is 35.5. The number of nitrogens with zero attached hydrogens (tertiary/aromatic N) is 3. The smallest absolute Gasteiger partial charge is 0.317 e. The molecule has 3 aromatic rings. The number of rotatable bonds is 10. The number of carbonyl (C=O) groups excluding carboxylic acids is 2. The lowest BCUT2D eigenvalue weighted by Gasteiger charge is -2.25. The van der Waals surface area contributed by atoms with Gasteiger partial charge < -0.3 is 26.2 Å². The van der Waals surface area contributed by atoms with Crippen molar-refractivity contribution in [2.45, 2.75) is 13.0 Å². The Bertz CT molecular complexity index is 1100. The van der Waals surface area contributed by atoms with Gasteiger partial charge in [-0.3, -0.25) is 9.78 Å². The Morgan fingerprint density at radius 2 is 1.94 bits per heavy atom. The standard InChI is InChI=1S/C24H29ClN6O2S/c1-30(2)10-11-31(24(33)27-9-8-17-4-3-5-19(25)12-17)14-18-6-7-21(28-13-18)23(32)29-22-16-34-15-20(22)26/h3-7,12-13,15-16H,8-11,14,26H2,1-2H3,(H,27,33)(H,29,32). The second kappa shape index (κ2) is 12.4. The molecule has 0 atom stereocenters. The van der Waals surface area contributed by atoms with Crippen LogP contribution in [0.1, 0.15) is 21.6 Å². The number of thiophene rings is 1. The summed E-state index contributed by atoms with van der Waals surface area (Å²) < 4.78 is 0. The minimum atomic E-state index is -0.333. The predicted octanol–water partition coefficient (Wildman–Crippen LogP) is 3.95. The number of nitrogens with two attached hydrogens (primary N) is 1. The molecule has 0 aliphatic carbocycles. The van der Waals surface area contributed by atoms with Gasteiger partial charge in [-0.25, -0.2) is 4.79 Å². The lowest BCUT2D eigenvalue weighted by atomic mass is 10.1. The van der Waals surface area contributed by atoms with Crippen LogP contribution < -0.4 is 16.4 Å². The van der Waals surface area contributed by atoms with E-state index in [0.29, 0.717) is 42.5 Å². The number of benzene rings is 1. The van der Waals surface area contributed by atoms with Crippen molar-refractivity contribution in [3.8, 4) is 0 Å². The summed E-state index contributed by atoms with van der Waals surface area (Å²) in [5.74, 6) is -0.333. The number of likely N-dealkylation sites (N-methyl/N-ethyl adjacent to an activating group) is 1. The maximum absolute atomic E-state index is 12.9. The normalized spacial score (nSPS) is 10.8. The van der Waals surface area contributed by atoms with E-state index in [0.717, 1.165) is 17.7 Å². The van der Waals surface area contributed by atoms with E-state index in [2.05, 4.69) is 15.6 Å².